The van der Waals surface area contributed by atoms with Crippen LogP contribution in [0.1, 0.15) is 21.5 Å². The molecule has 1 N–H and O–H groups in total. The van der Waals surface area contributed by atoms with Crippen LogP contribution in [0.4, 0.5) is 5.69 Å². The summed E-state index contributed by atoms with van der Waals surface area (Å²) in [6.45, 7) is 3.72. The van der Waals surface area contributed by atoms with Crippen LogP contribution < -0.4 is 4.72 Å². The Kier molecular flexibility index (Phi) is 4.51. The highest BCUT2D eigenvalue weighted by molar-refractivity contribution is 7.92. The van der Waals surface area contributed by atoms with Crippen LogP contribution in [0.3, 0.4) is 0 Å². The molecule has 0 fully saturated rings. The third-order valence-electron chi connectivity index (χ3n) is 3.22. The van der Waals surface area contributed by atoms with E-state index in [4.69, 9.17) is 0 Å². The van der Waals surface area contributed by atoms with Gasteiger partial charge in [-0.15, -0.1) is 0 Å². The predicted octanol–water partition coefficient (Wildman–Crippen LogP) is 2.89. The number of ether oxygens (including phenoxy) is 1. The van der Waals surface area contributed by atoms with Gasteiger partial charge in [-0.1, -0.05) is 12.1 Å². The molecular formula is C16H17NO4S. The van der Waals surface area contributed by atoms with Gasteiger partial charge in [0.15, 0.2) is 0 Å². The van der Waals surface area contributed by atoms with Crippen molar-refractivity contribution in [3.05, 3.63) is 59.2 Å². The summed E-state index contributed by atoms with van der Waals surface area (Å²) >= 11 is 0. The van der Waals surface area contributed by atoms with E-state index in [1.807, 2.05) is 26.0 Å². The Bertz CT molecular complexity index is 795. The van der Waals surface area contributed by atoms with Crippen LogP contribution in [0.2, 0.25) is 0 Å². The van der Waals surface area contributed by atoms with Gasteiger partial charge in [0, 0.05) is 0 Å². The summed E-state index contributed by atoms with van der Waals surface area (Å²) in [6.07, 6.45) is 0. The first kappa shape index (κ1) is 16.0. The summed E-state index contributed by atoms with van der Waals surface area (Å²) in [5, 5.41) is 0. The van der Waals surface area contributed by atoms with Gasteiger partial charge in [-0.2, -0.15) is 0 Å². The minimum atomic E-state index is -3.70. The molecule has 116 valence electrons. The Balaban J connectivity index is 2.30. The third kappa shape index (κ3) is 3.46. The Labute approximate surface area is 130 Å². The summed E-state index contributed by atoms with van der Waals surface area (Å²) in [4.78, 5) is 11.4. The Morgan fingerprint density at radius 2 is 1.68 bits per heavy atom. The predicted molar refractivity (Wildman–Crippen MR) is 84.5 cm³/mol. The summed E-state index contributed by atoms with van der Waals surface area (Å²) in [6, 6.07) is 11.1. The summed E-state index contributed by atoms with van der Waals surface area (Å²) in [5.41, 5.74) is 2.63. The fraction of sp³-hybridized carbons (Fsp3) is 0.188. The molecule has 0 aliphatic carbocycles. The monoisotopic (exact) mass is 319 g/mol. The van der Waals surface area contributed by atoms with E-state index in [1.54, 1.807) is 6.07 Å². The number of sulfonamides is 1. The molecule has 22 heavy (non-hydrogen) atoms. The van der Waals surface area contributed by atoms with Crippen LogP contribution in [-0.2, 0) is 14.8 Å². The lowest BCUT2D eigenvalue weighted by Gasteiger charge is -2.11. The summed E-state index contributed by atoms with van der Waals surface area (Å²) in [5.74, 6) is -0.508. The van der Waals surface area contributed by atoms with Crippen molar-refractivity contribution in [3.8, 4) is 0 Å². The Morgan fingerprint density at radius 1 is 1.05 bits per heavy atom. The molecule has 2 rings (SSSR count). The number of rotatable bonds is 4. The smallest absolute Gasteiger partial charge is 0.337 e. The van der Waals surface area contributed by atoms with Crippen molar-refractivity contribution in [1.29, 1.82) is 0 Å². The SMILES string of the molecule is COC(=O)c1ccc(S(=O)(=O)Nc2cc(C)ccc2C)cc1. The highest BCUT2D eigenvalue weighted by Crippen LogP contribution is 2.21. The zero-order chi connectivity index (χ0) is 16.3. The third-order valence-corrected chi connectivity index (χ3v) is 4.60. The highest BCUT2D eigenvalue weighted by atomic mass is 32.2. The van der Waals surface area contributed by atoms with Gasteiger partial charge < -0.3 is 4.74 Å². The van der Waals surface area contributed by atoms with Crippen LogP contribution in [0.5, 0.6) is 0 Å². The normalized spacial score (nSPS) is 11.0. The number of nitrogens with one attached hydrogen (secondary N) is 1. The molecule has 0 atom stereocenters. The van der Waals surface area contributed by atoms with Crippen molar-refractivity contribution in [2.75, 3.05) is 11.8 Å². The molecule has 0 saturated carbocycles. The highest BCUT2D eigenvalue weighted by Gasteiger charge is 2.16. The minimum absolute atomic E-state index is 0.0843. The van der Waals surface area contributed by atoms with Crippen LogP contribution in [0.15, 0.2) is 47.4 Å². The maximum absolute atomic E-state index is 12.4. The van der Waals surface area contributed by atoms with Crippen LogP contribution in [-0.4, -0.2) is 21.5 Å². The first-order chi connectivity index (χ1) is 10.3. The van der Waals surface area contributed by atoms with Gasteiger partial charge in [-0.25, -0.2) is 13.2 Å². The average molecular weight is 319 g/mol. The lowest BCUT2D eigenvalue weighted by molar-refractivity contribution is 0.0600. The lowest BCUT2D eigenvalue weighted by atomic mass is 10.1. The van der Waals surface area contributed by atoms with Crippen LogP contribution in [0, 0.1) is 13.8 Å². The maximum Gasteiger partial charge on any atom is 0.337 e. The van der Waals surface area contributed by atoms with Crippen molar-refractivity contribution in [2.24, 2.45) is 0 Å². The second-order valence-electron chi connectivity index (χ2n) is 4.94. The first-order valence-electron chi connectivity index (χ1n) is 6.62. The minimum Gasteiger partial charge on any atom is -0.465 e. The van der Waals surface area contributed by atoms with Crippen molar-refractivity contribution in [1.82, 2.24) is 0 Å². The standard InChI is InChI=1S/C16H17NO4S/c1-11-4-5-12(2)15(10-11)17-22(19,20)14-8-6-13(7-9-14)16(18)21-3/h4-10,17H,1-3H3. The molecule has 0 saturated heterocycles. The molecule has 5 nitrogen and oxygen atoms in total. The molecule has 2 aromatic carbocycles. The molecule has 2 aromatic rings. The molecule has 0 heterocycles. The second kappa shape index (κ2) is 6.19. The van der Waals surface area contributed by atoms with Gasteiger partial charge in [-0.3, -0.25) is 4.72 Å². The Morgan fingerprint density at radius 3 is 2.27 bits per heavy atom. The van der Waals surface area contributed by atoms with Crippen molar-refractivity contribution in [3.63, 3.8) is 0 Å². The van der Waals surface area contributed by atoms with E-state index in [0.717, 1.165) is 11.1 Å². The fourth-order valence-electron chi connectivity index (χ4n) is 1.94. The van der Waals surface area contributed by atoms with Crippen molar-refractivity contribution in [2.45, 2.75) is 18.7 Å². The maximum atomic E-state index is 12.4. The largest absolute Gasteiger partial charge is 0.465 e. The molecule has 0 bridgehead atoms. The van der Waals surface area contributed by atoms with Gasteiger partial charge in [0.25, 0.3) is 10.0 Å². The van der Waals surface area contributed by atoms with Gasteiger partial charge in [0.05, 0.1) is 23.3 Å². The van der Waals surface area contributed by atoms with Crippen LogP contribution >= 0.6 is 0 Å². The number of hydrogen-bond donors (Lipinski definition) is 1. The van der Waals surface area contributed by atoms with Crippen molar-refractivity contribution < 1.29 is 17.9 Å². The topological polar surface area (TPSA) is 72.5 Å². The number of carbonyl (C=O) groups is 1. The number of benzene rings is 2. The number of anilines is 1. The fourth-order valence-corrected chi connectivity index (χ4v) is 3.06. The van der Waals surface area contributed by atoms with E-state index >= 15 is 0 Å². The zero-order valence-electron chi connectivity index (χ0n) is 12.6. The van der Waals surface area contributed by atoms with E-state index in [0.29, 0.717) is 11.3 Å². The van der Waals surface area contributed by atoms with Crippen LogP contribution in [0.25, 0.3) is 0 Å². The molecule has 0 aliphatic rings. The van der Waals surface area contributed by atoms with E-state index in [1.165, 1.54) is 31.4 Å². The number of methoxy groups -OCH3 is 1. The van der Waals surface area contributed by atoms with Gasteiger partial charge in [-0.05, 0) is 55.3 Å². The van der Waals surface area contributed by atoms with Gasteiger partial charge >= 0.3 is 5.97 Å². The number of carbonyl (C=O) groups excluding carboxylic acids is 1. The first-order valence-corrected chi connectivity index (χ1v) is 8.10. The molecule has 0 radical (unpaired) electrons. The lowest BCUT2D eigenvalue weighted by Crippen LogP contribution is -2.14. The van der Waals surface area contributed by atoms with E-state index in [-0.39, 0.29) is 4.90 Å². The van der Waals surface area contributed by atoms with E-state index in [9.17, 15) is 13.2 Å². The molecule has 0 aromatic heterocycles. The number of aryl methyl sites for hydroxylation is 2. The molecule has 0 unspecified atom stereocenters. The number of esters is 1. The quantitative estimate of drug-likeness (QED) is 0.880. The average Bonchev–Trinajstić information content (AvgIpc) is 2.50. The Hall–Kier alpha value is -2.34. The molecular weight excluding hydrogens is 302 g/mol. The van der Waals surface area contributed by atoms with Gasteiger partial charge in [0.2, 0.25) is 0 Å². The molecule has 0 amide bonds. The summed E-state index contributed by atoms with van der Waals surface area (Å²) in [7, 11) is -2.43. The molecule has 0 spiro atoms. The van der Waals surface area contributed by atoms with Gasteiger partial charge in [0.1, 0.15) is 0 Å². The second-order valence-corrected chi connectivity index (χ2v) is 6.62. The van der Waals surface area contributed by atoms with E-state index in [2.05, 4.69) is 9.46 Å². The number of hydrogen-bond acceptors (Lipinski definition) is 4. The zero-order valence-corrected chi connectivity index (χ0v) is 13.4. The molecule has 0 aliphatic heterocycles. The molecule has 6 heteroatoms. The van der Waals surface area contributed by atoms with E-state index < -0.39 is 16.0 Å². The van der Waals surface area contributed by atoms with Crippen molar-refractivity contribution >= 4 is 21.7 Å². The summed E-state index contributed by atoms with van der Waals surface area (Å²) < 4.78 is 31.9.